The van der Waals surface area contributed by atoms with Crippen molar-refractivity contribution < 1.29 is 4.42 Å². The third-order valence-corrected chi connectivity index (χ3v) is 4.87. The van der Waals surface area contributed by atoms with Crippen molar-refractivity contribution >= 4 is 16.6 Å². The van der Waals surface area contributed by atoms with E-state index < -0.39 is 0 Å². The molecule has 0 saturated heterocycles. The van der Waals surface area contributed by atoms with Crippen molar-refractivity contribution in [3.8, 4) is 34.3 Å². The third kappa shape index (κ3) is 3.00. The van der Waals surface area contributed by atoms with Crippen LogP contribution in [0.3, 0.4) is 0 Å². The van der Waals surface area contributed by atoms with E-state index in [0.29, 0.717) is 17.3 Å². The maximum Gasteiger partial charge on any atom is 0.270 e. The summed E-state index contributed by atoms with van der Waals surface area (Å²) in [5.74, 6) is 0.897. The zero-order chi connectivity index (χ0) is 19.8. The van der Waals surface area contributed by atoms with Crippen LogP contribution in [-0.4, -0.2) is 20.2 Å². The molecule has 2 heterocycles. The van der Waals surface area contributed by atoms with Crippen LogP contribution in [0.25, 0.3) is 45.1 Å². The molecule has 2 aromatic heterocycles. The summed E-state index contributed by atoms with van der Waals surface area (Å²) in [7, 11) is 0. The van der Waals surface area contributed by atoms with Crippen molar-refractivity contribution in [2.45, 2.75) is 6.92 Å². The first kappa shape index (κ1) is 17.1. The number of aromatic nitrogens is 4. The van der Waals surface area contributed by atoms with Crippen LogP contribution in [0.15, 0.2) is 77.3 Å². The Morgan fingerprint density at radius 1 is 0.793 bits per heavy atom. The van der Waals surface area contributed by atoms with E-state index in [0.717, 1.165) is 16.5 Å². The van der Waals surface area contributed by atoms with Crippen molar-refractivity contribution in [3.63, 3.8) is 0 Å². The molecule has 0 atom stereocenters. The molecule has 0 unspecified atom stereocenters. The number of rotatable bonds is 3. The largest absolute Gasteiger partial charge is 0.414 e. The minimum absolute atomic E-state index is 0.243. The van der Waals surface area contributed by atoms with Gasteiger partial charge in [-0.15, -0.1) is 10.2 Å². The van der Waals surface area contributed by atoms with E-state index in [1.807, 2.05) is 48.5 Å². The van der Waals surface area contributed by atoms with Crippen molar-refractivity contribution in [1.29, 1.82) is 0 Å². The molecule has 5 rings (SSSR count). The van der Waals surface area contributed by atoms with Gasteiger partial charge < -0.3 is 10.2 Å². The van der Waals surface area contributed by atoms with Crippen LogP contribution in [0.1, 0.15) is 5.56 Å². The van der Waals surface area contributed by atoms with Crippen LogP contribution in [0.2, 0.25) is 0 Å². The molecule has 5 aromatic rings. The van der Waals surface area contributed by atoms with Crippen molar-refractivity contribution in [2.75, 3.05) is 5.73 Å². The molecule has 0 aliphatic carbocycles. The number of nitrogens with zero attached hydrogens (tertiary/aromatic N) is 4. The lowest BCUT2D eigenvalue weighted by Gasteiger charge is -2.09. The highest BCUT2D eigenvalue weighted by atomic mass is 16.4. The highest BCUT2D eigenvalue weighted by molar-refractivity contribution is 5.97. The first-order chi connectivity index (χ1) is 14.2. The normalized spacial score (nSPS) is 11.1. The molecular weight excluding hydrogens is 362 g/mol. The van der Waals surface area contributed by atoms with Gasteiger partial charge in [-0.05, 0) is 35.4 Å². The van der Waals surface area contributed by atoms with E-state index in [-0.39, 0.29) is 11.7 Å². The highest BCUT2D eigenvalue weighted by Gasteiger charge is 2.17. The number of benzene rings is 3. The number of nitrogens with two attached hydrogens (primary N) is 1. The Bertz CT molecular complexity index is 1330. The van der Waals surface area contributed by atoms with E-state index >= 15 is 0 Å². The second-order valence-electron chi connectivity index (χ2n) is 6.74. The maximum absolute atomic E-state index is 6.08. The van der Waals surface area contributed by atoms with Crippen LogP contribution in [0.5, 0.6) is 0 Å². The van der Waals surface area contributed by atoms with Gasteiger partial charge in [-0.25, -0.2) is 9.97 Å². The van der Waals surface area contributed by atoms with Gasteiger partial charge in [-0.2, -0.15) is 0 Å². The van der Waals surface area contributed by atoms with E-state index in [2.05, 4.69) is 40.3 Å². The lowest BCUT2D eigenvalue weighted by atomic mass is 9.98. The lowest BCUT2D eigenvalue weighted by Crippen LogP contribution is -1.99. The molecule has 140 valence electrons. The fourth-order valence-electron chi connectivity index (χ4n) is 3.37. The molecule has 0 aliphatic rings. The standard InChI is InChI=1S/C23H17N5O/c1-14-11-12-18(17-10-6-5-9-16(14)17)19-13-25-21(24)20(26-19)23-28-27-22(29-23)15-7-3-2-4-8-15/h2-13H,1H3,(H2,24,25). The fraction of sp³-hybridized carbons (Fsp3) is 0.0435. The molecule has 0 bridgehead atoms. The fourth-order valence-corrected chi connectivity index (χ4v) is 3.37. The zero-order valence-electron chi connectivity index (χ0n) is 15.7. The number of aryl methyl sites for hydroxylation is 1. The minimum Gasteiger partial charge on any atom is -0.414 e. The Labute approximate surface area is 167 Å². The quantitative estimate of drug-likeness (QED) is 0.479. The van der Waals surface area contributed by atoms with Gasteiger partial charge in [0.1, 0.15) is 0 Å². The van der Waals surface area contributed by atoms with Crippen LogP contribution < -0.4 is 5.73 Å². The van der Waals surface area contributed by atoms with Crippen molar-refractivity contribution in [2.24, 2.45) is 0 Å². The van der Waals surface area contributed by atoms with Gasteiger partial charge in [0.2, 0.25) is 5.89 Å². The maximum atomic E-state index is 6.08. The SMILES string of the molecule is Cc1ccc(-c2cnc(N)c(-c3nnc(-c4ccccc4)o3)n2)c2ccccc12. The topological polar surface area (TPSA) is 90.7 Å². The molecule has 0 saturated carbocycles. The second kappa shape index (κ2) is 6.83. The van der Waals surface area contributed by atoms with Gasteiger partial charge in [0.05, 0.1) is 11.9 Å². The predicted octanol–water partition coefficient (Wildman–Crippen LogP) is 4.90. The van der Waals surface area contributed by atoms with Crippen molar-refractivity contribution in [3.05, 3.63) is 78.5 Å². The Kier molecular flexibility index (Phi) is 4.02. The Morgan fingerprint density at radius 2 is 1.52 bits per heavy atom. The minimum atomic E-state index is 0.243. The van der Waals surface area contributed by atoms with Gasteiger partial charge in [-0.1, -0.05) is 54.6 Å². The molecular formula is C23H17N5O. The molecule has 0 fully saturated rings. The summed E-state index contributed by atoms with van der Waals surface area (Å²) in [5, 5.41) is 10.5. The Morgan fingerprint density at radius 3 is 2.34 bits per heavy atom. The van der Waals surface area contributed by atoms with Crippen LogP contribution in [-0.2, 0) is 0 Å². The van der Waals surface area contributed by atoms with E-state index in [9.17, 15) is 0 Å². The molecule has 0 spiro atoms. The summed E-state index contributed by atoms with van der Waals surface area (Å²) in [6.07, 6.45) is 1.67. The highest BCUT2D eigenvalue weighted by Crippen LogP contribution is 2.32. The summed E-state index contributed by atoms with van der Waals surface area (Å²) >= 11 is 0. The average Bonchev–Trinajstić information content (AvgIpc) is 3.26. The first-order valence-electron chi connectivity index (χ1n) is 9.21. The smallest absolute Gasteiger partial charge is 0.270 e. The Balaban J connectivity index is 1.63. The van der Waals surface area contributed by atoms with Gasteiger partial charge in [0.25, 0.3) is 5.89 Å². The zero-order valence-corrected chi connectivity index (χ0v) is 15.7. The Hall–Kier alpha value is -4.06. The molecule has 2 N–H and O–H groups in total. The third-order valence-electron chi connectivity index (χ3n) is 4.87. The first-order valence-corrected chi connectivity index (χ1v) is 9.21. The molecule has 3 aromatic carbocycles. The summed E-state index contributed by atoms with van der Waals surface area (Å²) in [6.45, 7) is 2.09. The van der Waals surface area contributed by atoms with Crippen LogP contribution in [0.4, 0.5) is 5.82 Å². The van der Waals surface area contributed by atoms with E-state index in [1.165, 1.54) is 10.9 Å². The number of nitrogen functional groups attached to an aromatic ring is 1. The van der Waals surface area contributed by atoms with Gasteiger partial charge in [-0.3, -0.25) is 0 Å². The molecule has 6 nitrogen and oxygen atoms in total. The molecule has 0 radical (unpaired) electrons. The van der Waals surface area contributed by atoms with Crippen molar-refractivity contribution in [1.82, 2.24) is 20.2 Å². The number of fused-ring (bicyclic) bond motifs is 1. The van der Waals surface area contributed by atoms with Crippen LogP contribution in [0, 0.1) is 6.92 Å². The average molecular weight is 379 g/mol. The molecule has 0 amide bonds. The van der Waals surface area contributed by atoms with Gasteiger partial charge >= 0.3 is 0 Å². The number of anilines is 1. The van der Waals surface area contributed by atoms with Gasteiger partial charge in [0.15, 0.2) is 11.5 Å². The van der Waals surface area contributed by atoms with E-state index in [1.54, 1.807) is 6.20 Å². The monoisotopic (exact) mass is 379 g/mol. The number of hydrogen-bond donors (Lipinski definition) is 1. The molecule has 0 aliphatic heterocycles. The second-order valence-corrected chi connectivity index (χ2v) is 6.74. The predicted molar refractivity (Wildman–Crippen MR) is 113 cm³/mol. The van der Waals surface area contributed by atoms with E-state index in [4.69, 9.17) is 15.1 Å². The molecule has 6 heteroatoms. The lowest BCUT2D eigenvalue weighted by molar-refractivity contribution is 0.582. The summed E-state index contributed by atoms with van der Waals surface area (Å²) in [5.41, 5.74) is 10.2. The van der Waals surface area contributed by atoms with Gasteiger partial charge in [0, 0.05) is 11.1 Å². The summed E-state index contributed by atoms with van der Waals surface area (Å²) in [4.78, 5) is 9.05. The summed E-state index contributed by atoms with van der Waals surface area (Å²) < 4.78 is 5.83. The summed E-state index contributed by atoms with van der Waals surface area (Å²) in [6, 6.07) is 21.9. The number of hydrogen-bond acceptors (Lipinski definition) is 6. The van der Waals surface area contributed by atoms with Crippen LogP contribution >= 0.6 is 0 Å². The molecule has 29 heavy (non-hydrogen) atoms.